The molecule has 2 rings (SSSR count). The van der Waals surface area contributed by atoms with Crippen LogP contribution in [0.3, 0.4) is 0 Å². The van der Waals surface area contributed by atoms with E-state index < -0.39 is 12.1 Å². The fourth-order valence-electron chi connectivity index (χ4n) is 2.40. The molecular weight excluding hydrogens is 306 g/mol. The van der Waals surface area contributed by atoms with E-state index in [4.69, 9.17) is 4.74 Å². The highest BCUT2D eigenvalue weighted by Gasteiger charge is 2.17. The highest BCUT2D eigenvalue weighted by Crippen LogP contribution is 2.22. The molecule has 0 heterocycles. The molecule has 2 aromatic rings. The van der Waals surface area contributed by atoms with Gasteiger partial charge in [-0.2, -0.15) is 0 Å². The highest BCUT2D eigenvalue weighted by atomic mass is 16.5. The van der Waals surface area contributed by atoms with Crippen molar-refractivity contribution in [2.45, 2.75) is 32.8 Å². The third-order valence-corrected chi connectivity index (χ3v) is 3.61. The predicted molar refractivity (Wildman–Crippen MR) is 92.3 cm³/mol. The second kappa shape index (κ2) is 8.72. The molecule has 0 unspecified atom stereocenters. The molecule has 0 fully saturated rings. The zero-order chi connectivity index (χ0) is 17.4. The number of hydrogen-bond acceptors (Lipinski definition) is 3. The van der Waals surface area contributed by atoms with Gasteiger partial charge in [0.15, 0.2) is 0 Å². The van der Waals surface area contributed by atoms with Gasteiger partial charge in [-0.3, -0.25) is 5.32 Å². The molecule has 1 amide bonds. The van der Waals surface area contributed by atoms with E-state index in [2.05, 4.69) is 5.32 Å². The van der Waals surface area contributed by atoms with Crippen LogP contribution in [0.5, 0.6) is 0 Å². The Morgan fingerprint density at radius 2 is 1.83 bits per heavy atom. The molecule has 0 saturated heterocycles. The molecule has 0 radical (unpaired) electrons. The summed E-state index contributed by atoms with van der Waals surface area (Å²) >= 11 is 0. The van der Waals surface area contributed by atoms with Crippen molar-refractivity contribution in [1.29, 1.82) is 0 Å². The number of rotatable bonds is 7. The van der Waals surface area contributed by atoms with Gasteiger partial charge in [0.1, 0.15) is 6.61 Å². The number of carboxylic acid groups (broad SMARTS) is 1. The Morgan fingerprint density at radius 3 is 2.50 bits per heavy atom. The van der Waals surface area contributed by atoms with E-state index in [1.54, 1.807) is 18.2 Å². The van der Waals surface area contributed by atoms with Gasteiger partial charge in [0.05, 0.1) is 11.3 Å². The minimum Gasteiger partial charge on any atom is -0.478 e. The quantitative estimate of drug-likeness (QED) is 0.786. The van der Waals surface area contributed by atoms with Gasteiger partial charge in [-0.1, -0.05) is 55.8 Å². The molecule has 0 saturated carbocycles. The number of carbonyl (C=O) groups is 2. The summed E-state index contributed by atoms with van der Waals surface area (Å²) in [5, 5.41) is 12.0. The average Bonchev–Trinajstić information content (AvgIpc) is 2.59. The number of unbranched alkanes of at least 4 members (excludes halogenated alkanes) is 1. The van der Waals surface area contributed by atoms with E-state index in [-0.39, 0.29) is 17.9 Å². The summed E-state index contributed by atoms with van der Waals surface area (Å²) in [6.45, 7) is 2.17. The van der Waals surface area contributed by atoms with Crippen molar-refractivity contribution in [3.63, 3.8) is 0 Å². The molecular formula is C19H21NO4. The van der Waals surface area contributed by atoms with Crippen molar-refractivity contribution in [1.82, 2.24) is 0 Å². The lowest BCUT2D eigenvalue weighted by Gasteiger charge is -2.13. The second-order valence-corrected chi connectivity index (χ2v) is 5.44. The maximum absolute atomic E-state index is 12.0. The fourth-order valence-corrected chi connectivity index (χ4v) is 2.40. The molecule has 0 bridgehead atoms. The monoisotopic (exact) mass is 327 g/mol. The largest absolute Gasteiger partial charge is 0.478 e. The highest BCUT2D eigenvalue weighted by molar-refractivity contribution is 6.00. The molecule has 0 aliphatic rings. The molecule has 126 valence electrons. The number of aromatic carboxylic acids is 1. The number of carbonyl (C=O) groups excluding carboxylic acids is 1. The predicted octanol–water partition coefficient (Wildman–Crippen LogP) is 4.48. The van der Waals surface area contributed by atoms with Crippen LogP contribution in [-0.2, 0) is 17.8 Å². The molecule has 2 N–H and O–H groups in total. The van der Waals surface area contributed by atoms with Crippen LogP contribution in [0.4, 0.5) is 10.5 Å². The normalized spacial score (nSPS) is 10.2. The summed E-state index contributed by atoms with van der Waals surface area (Å²) in [4.78, 5) is 23.5. The van der Waals surface area contributed by atoms with Gasteiger partial charge < -0.3 is 9.84 Å². The molecule has 0 spiro atoms. The number of nitrogens with one attached hydrogen (secondary N) is 1. The Labute approximate surface area is 141 Å². The Balaban J connectivity index is 2.07. The van der Waals surface area contributed by atoms with Crippen molar-refractivity contribution >= 4 is 17.7 Å². The Kier molecular flexibility index (Phi) is 6.37. The second-order valence-electron chi connectivity index (χ2n) is 5.44. The van der Waals surface area contributed by atoms with Crippen LogP contribution in [0.1, 0.15) is 41.3 Å². The third kappa shape index (κ3) is 4.84. The summed E-state index contributed by atoms with van der Waals surface area (Å²) < 4.78 is 5.14. The van der Waals surface area contributed by atoms with E-state index in [1.807, 2.05) is 37.3 Å². The summed E-state index contributed by atoms with van der Waals surface area (Å²) in [6.07, 6.45) is 1.85. The van der Waals surface area contributed by atoms with E-state index in [9.17, 15) is 14.7 Å². The first-order valence-corrected chi connectivity index (χ1v) is 7.94. The topological polar surface area (TPSA) is 75.6 Å². The molecule has 0 aromatic heterocycles. The number of hydrogen-bond donors (Lipinski definition) is 2. The number of anilines is 1. The van der Waals surface area contributed by atoms with E-state index >= 15 is 0 Å². The van der Waals surface area contributed by atoms with Crippen molar-refractivity contribution < 1.29 is 19.4 Å². The molecule has 0 aliphatic heterocycles. The number of amides is 1. The van der Waals surface area contributed by atoms with Crippen molar-refractivity contribution in [2.75, 3.05) is 5.32 Å². The van der Waals surface area contributed by atoms with Crippen LogP contribution in [0.15, 0.2) is 48.5 Å². The summed E-state index contributed by atoms with van der Waals surface area (Å²) in [7, 11) is 0. The minimum absolute atomic E-state index is 0.127. The van der Waals surface area contributed by atoms with Gasteiger partial charge in [-0.25, -0.2) is 9.59 Å². The number of carboxylic acids is 1. The van der Waals surface area contributed by atoms with Gasteiger partial charge >= 0.3 is 12.1 Å². The Bertz CT molecular complexity index is 698. The van der Waals surface area contributed by atoms with Crippen LogP contribution in [0.25, 0.3) is 0 Å². The first kappa shape index (κ1) is 17.5. The molecule has 0 aliphatic carbocycles. The summed E-state index contributed by atoms with van der Waals surface area (Å²) in [5.41, 5.74) is 1.96. The lowest BCUT2D eigenvalue weighted by atomic mass is 10.0. The lowest BCUT2D eigenvalue weighted by Crippen LogP contribution is -2.17. The van der Waals surface area contributed by atoms with Crippen LogP contribution >= 0.6 is 0 Å². The average molecular weight is 327 g/mol. The maximum atomic E-state index is 12.0. The van der Waals surface area contributed by atoms with Crippen LogP contribution < -0.4 is 5.32 Å². The molecule has 5 nitrogen and oxygen atoms in total. The summed E-state index contributed by atoms with van der Waals surface area (Å²) in [5.74, 6) is -1.06. The van der Waals surface area contributed by atoms with E-state index in [0.717, 1.165) is 18.4 Å². The fraction of sp³-hybridized carbons (Fsp3) is 0.263. The first-order chi connectivity index (χ1) is 11.6. The van der Waals surface area contributed by atoms with Gasteiger partial charge in [-0.05, 0) is 30.0 Å². The van der Waals surface area contributed by atoms with E-state index in [1.165, 1.54) is 0 Å². The van der Waals surface area contributed by atoms with Crippen LogP contribution in [-0.4, -0.2) is 17.2 Å². The van der Waals surface area contributed by atoms with Crippen molar-refractivity contribution in [3.05, 3.63) is 65.2 Å². The first-order valence-electron chi connectivity index (χ1n) is 7.94. The van der Waals surface area contributed by atoms with Crippen molar-refractivity contribution in [2.24, 2.45) is 0 Å². The molecule has 24 heavy (non-hydrogen) atoms. The van der Waals surface area contributed by atoms with Gasteiger partial charge in [0.2, 0.25) is 0 Å². The van der Waals surface area contributed by atoms with Gasteiger partial charge in [-0.15, -0.1) is 0 Å². The number of benzene rings is 2. The van der Waals surface area contributed by atoms with E-state index in [0.29, 0.717) is 12.0 Å². The zero-order valence-electron chi connectivity index (χ0n) is 13.6. The Morgan fingerprint density at radius 1 is 1.08 bits per heavy atom. The van der Waals surface area contributed by atoms with Crippen LogP contribution in [0, 0.1) is 0 Å². The zero-order valence-corrected chi connectivity index (χ0v) is 13.6. The number of ether oxygens (including phenoxy) is 1. The SMILES string of the molecule is CCCCc1cccc(NC(=O)OCc2ccccc2)c1C(=O)O. The maximum Gasteiger partial charge on any atom is 0.411 e. The lowest BCUT2D eigenvalue weighted by molar-refractivity contribution is 0.0697. The van der Waals surface area contributed by atoms with Gasteiger partial charge in [0, 0.05) is 0 Å². The summed E-state index contributed by atoms with van der Waals surface area (Å²) in [6, 6.07) is 14.4. The molecule has 5 heteroatoms. The smallest absolute Gasteiger partial charge is 0.411 e. The standard InChI is InChI=1S/C19H21NO4/c1-2-3-10-15-11-7-12-16(17(15)18(21)22)20-19(23)24-13-14-8-5-4-6-9-14/h4-9,11-12H,2-3,10,13H2,1H3,(H,20,23)(H,21,22). The van der Waals surface area contributed by atoms with Crippen LogP contribution in [0.2, 0.25) is 0 Å². The minimum atomic E-state index is -1.06. The molecule has 0 atom stereocenters. The van der Waals surface area contributed by atoms with Crippen molar-refractivity contribution in [3.8, 4) is 0 Å². The molecule has 2 aromatic carbocycles. The number of aryl methyl sites for hydroxylation is 1. The van der Waals surface area contributed by atoms with Gasteiger partial charge in [0.25, 0.3) is 0 Å². The third-order valence-electron chi connectivity index (χ3n) is 3.61. The Hall–Kier alpha value is -2.82.